The summed E-state index contributed by atoms with van der Waals surface area (Å²) in [5.41, 5.74) is 1.41. The molecular formula is C29H40ClN5O5. The Kier molecular flexibility index (Phi) is 10.1. The van der Waals surface area contributed by atoms with Crippen LogP contribution in [0.4, 0.5) is 5.82 Å². The van der Waals surface area contributed by atoms with Crippen molar-refractivity contribution in [1.29, 1.82) is 0 Å². The average molecular weight is 574 g/mol. The molecule has 0 spiro atoms. The van der Waals surface area contributed by atoms with Crippen LogP contribution >= 0.6 is 11.6 Å². The fraction of sp³-hybridized carbons (Fsp3) is 0.621. The average Bonchev–Trinajstić information content (AvgIpc) is 3.00. The highest BCUT2D eigenvalue weighted by Gasteiger charge is 2.32. The number of nitrogens with zero attached hydrogens (tertiary/aromatic N) is 3. The van der Waals surface area contributed by atoms with Gasteiger partial charge in [0.15, 0.2) is 17.3 Å². The van der Waals surface area contributed by atoms with Crippen LogP contribution in [0.15, 0.2) is 30.6 Å². The minimum atomic E-state index is -0.140. The Morgan fingerprint density at radius 2 is 1.90 bits per heavy atom. The molecule has 40 heavy (non-hydrogen) atoms. The number of nitrogens with one attached hydrogen (secondary N) is 2. The predicted molar refractivity (Wildman–Crippen MR) is 152 cm³/mol. The number of carbonyl (C=O) groups is 1. The molecule has 0 saturated carbocycles. The number of methoxy groups -OCH3 is 2. The number of likely N-dealkylation sites (tertiary alicyclic amines) is 1. The zero-order chi connectivity index (χ0) is 27.9. The van der Waals surface area contributed by atoms with E-state index in [1.54, 1.807) is 14.2 Å². The topological polar surface area (TPSA) is 107 Å². The fourth-order valence-corrected chi connectivity index (χ4v) is 5.99. The summed E-state index contributed by atoms with van der Waals surface area (Å²) in [5, 5.41) is 7.80. The lowest BCUT2D eigenvalue weighted by molar-refractivity contribution is -0.0533. The van der Waals surface area contributed by atoms with Gasteiger partial charge >= 0.3 is 0 Å². The molecule has 5 rings (SSSR count). The number of aromatic nitrogens is 2. The molecule has 3 aliphatic rings. The molecule has 4 atom stereocenters. The summed E-state index contributed by atoms with van der Waals surface area (Å²) in [6.45, 7) is 3.21. The highest BCUT2D eigenvalue weighted by molar-refractivity contribution is 6.30. The molecule has 2 aromatic rings. The molecule has 4 heterocycles. The van der Waals surface area contributed by atoms with E-state index in [9.17, 15) is 4.79 Å². The van der Waals surface area contributed by atoms with Gasteiger partial charge in [-0.25, -0.2) is 9.97 Å². The maximum absolute atomic E-state index is 13.5. The number of hydrogen-bond donors (Lipinski definition) is 2. The number of carbonyl (C=O) groups excluding carboxylic acids is 1. The lowest BCUT2D eigenvalue weighted by Gasteiger charge is -2.38. The standard InChI is InChI=1S/C29H40ClN5O5/c1-37-25-17-39-15-12-23(25)34-21-10-13-35(14-11-21)29(36)26-27(38-2)28(33-18-32-26)31-16-22-4-3-5-24(40-22)19-6-8-20(30)9-7-19/h6-9,18,21-25,34H,3-5,10-17H2,1-2H3,(H,31,32,33)/t22-,23-,24+,25+/m0/s1. The van der Waals surface area contributed by atoms with Crippen LogP contribution in [0.1, 0.15) is 60.7 Å². The lowest BCUT2D eigenvalue weighted by atomic mass is 9.98. The molecule has 10 nitrogen and oxygen atoms in total. The van der Waals surface area contributed by atoms with Gasteiger partial charge in [-0.1, -0.05) is 23.7 Å². The molecule has 2 N–H and O–H groups in total. The third kappa shape index (κ3) is 7.03. The second-order valence-corrected chi connectivity index (χ2v) is 11.1. The van der Waals surface area contributed by atoms with E-state index < -0.39 is 0 Å². The second-order valence-electron chi connectivity index (χ2n) is 10.7. The Hall–Kier alpha value is -2.50. The number of anilines is 1. The molecule has 1 amide bonds. The van der Waals surface area contributed by atoms with Gasteiger partial charge in [-0.05, 0) is 56.2 Å². The summed E-state index contributed by atoms with van der Waals surface area (Å²) < 4.78 is 23.2. The van der Waals surface area contributed by atoms with Crippen molar-refractivity contribution in [1.82, 2.24) is 20.2 Å². The summed E-state index contributed by atoms with van der Waals surface area (Å²) >= 11 is 6.05. The van der Waals surface area contributed by atoms with Gasteiger partial charge in [-0.15, -0.1) is 0 Å². The van der Waals surface area contributed by atoms with Crippen molar-refractivity contribution in [2.75, 3.05) is 52.4 Å². The van der Waals surface area contributed by atoms with E-state index in [4.69, 9.17) is 30.5 Å². The Bertz CT molecular complexity index is 1110. The molecule has 0 radical (unpaired) electrons. The van der Waals surface area contributed by atoms with Gasteiger partial charge in [0, 0.05) is 50.5 Å². The first-order chi connectivity index (χ1) is 19.6. The second kappa shape index (κ2) is 13.9. The Labute approximate surface area is 241 Å². The van der Waals surface area contributed by atoms with Crippen LogP contribution in [0.2, 0.25) is 5.02 Å². The number of benzene rings is 1. The largest absolute Gasteiger partial charge is 0.491 e. The van der Waals surface area contributed by atoms with Gasteiger partial charge in [0.2, 0.25) is 0 Å². The molecular weight excluding hydrogens is 534 g/mol. The van der Waals surface area contributed by atoms with Gasteiger partial charge in [0.1, 0.15) is 6.33 Å². The zero-order valence-electron chi connectivity index (χ0n) is 23.3. The molecule has 3 aliphatic heterocycles. The lowest BCUT2D eigenvalue weighted by Crippen LogP contribution is -2.54. The smallest absolute Gasteiger partial charge is 0.276 e. The summed E-state index contributed by atoms with van der Waals surface area (Å²) in [7, 11) is 3.28. The molecule has 0 aliphatic carbocycles. The molecule has 3 saturated heterocycles. The summed E-state index contributed by atoms with van der Waals surface area (Å²) in [5.74, 6) is 0.723. The Balaban J connectivity index is 1.16. The number of rotatable bonds is 9. The van der Waals surface area contributed by atoms with E-state index in [1.165, 1.54) is 6.33 Å². The van der Waals surface area contributed by atoms with Gasteiger partial charge in [-0.3, -0.25) is 4.79 Å². The van der Waals surface area contributed by atoms with E-state index in [0.29, 0.717) is 43.9 Å². The van der Waals surface area contributed by atoms with E-state index in [0.717, 1.165) is 55.7 Å². The first kappa shape index (κ1) is 29.0. The van der Waals surface area contributed by atoms with Crippen LogP contribution < -0.4 is 15.4 Å². The number of ether oxygens (including phenoxy) is 4. The number of halogens is 1. The third-order valence-corrected chi connectivity index (χ3v) is 8.39. The number of hydrogen-bond acceptors (Lipinski definition) is 9. The Morgan fingerprint density at radius 3 is 2.65 bits per heavy atom. The minimum absolute atomic E-state index is 0.00760. The zero-order valence-corrected chi connectivity index (χ0v) is 24.1. The van der Waals surface area contributed by atoms with Crippen molar-refractivity contribution < 1.29 is 23.7 Å². The van der Waals surface area contributed by atoms with Crippen LogP contribution in [0.25, 0.3) is 0 Å². The minimum Gasteiger partial charge on any atom is -0.491 e. The molecule has 3 fully saturated rings. The van der Waals surface area contributed by atoms with Crippen molar-refractivity contribution in [3.63, 3.8) is 0 Å². The summed E-state index contributed by atoms with van der Waals surface area (Å²) in [6.07, 6.45) is 7.17. The molecule has 1 aromatic heterocycles. The Morgan fingerprint density at radius 1 is 1.10 bits per heavy atom. The van der Waals surface area contributed by atoms with Crippen molar-refractivity contribution in [3.8, 4) is 5.75 Å². The summed E-state index contributed by atoms with van der Waals surface area (Å²) in [6, 6.07) is 8.45. The molecule has 1 aromatic carbocycles. The summed E-state index contributed by atoms with van der Waals surface area (Å²) in [4.78, 5) is 24.0. The first-order valence-corrected chi connectivity index (χ1v) is 14.6. The normalized spacial score (nSPS) is 25.9. The van der Waals surface area contributed by atoms with E-state index in [-0.39, 0.29) is 36.0 Å². The highest BCUT2D eigenvalue weighted by Crippen LogP contribution is 2.33. The van der Waals surface area contributed by atoms with E-state index in [1.807, 2.05) is 29.2 Å². The first-order valence-electron chi connectivity index (χ1n) is 14.2. The van der Waals surface area contributed by atoms with Crippen molar-refractivity contribution in [3.05, 3.63) is 46.9 Å². The quantitative estimate of drug-likeness (QED) is 0.462. The maximum Gasteiger partial charge on any atom is 0.276 e. The molecule has 0 bridgehead atoms. The van der Waals surface area contributed by atoms with Crippen LogP contribution in [-0.4, -0.2) is 92.1 Å². The van der Waals surface area contributed by atoms with E-state index >= 15 is 0 Å². The number of amides is 1. The van der Waals surface area contributed by atoms with Crippen molar-refractivity contribution in [2.45, 2.75) is 68.9 Å². The van der Waals surface area contributed by atoms with Crippen LogP contribution in [0.3, 0.4) is 0 Å². The van der Waals surface area contributed by atoms with Gasteiger partial charge in [0.05, 0.1) is 32.0 Å². The predicted octanol–water partition coefficient (Wildman–Crippen LogP) is 3.86. The van der Waals surface area contributed by atoms with Crippen molar-refractivity contribution >= 4 is 23.3 Å². The van der Waals surface area contributed by atoms with Crippen LogP contribution in [0.5, 0.6) is 5.75 Å². The fourth-order valence-electron chi connectivity index (χ4n) is 5.86. The molecule has 11 heteroatoms. The molecule has 218 valence electrons. The van der Waals surface area contributed by atoms with Crippen LogP contribution in [0, 0.1) is 0 Å². The SMILES string of the molecule is COc1c(NC[C@@H]2CCC[C@H](c3ccc(Cl)cc3)O2)ncnc1C(=O)N1CCC(N[C@H]2CCOC[C@H]2OC)CC1. The molecule has 0 unspecified atom stereocenters. The third-order valence-electron chi connectivity index (χ3n) is 8.14. The maximum atomic E-state index is 13.5. The van der Waals surface area contributed by atoms with E-state index in [2.05, 4.69) is 20.6 Å². The van der Waals surface area contributed by atoms with Gasteiger partial charge in [-0.2, -0.15) is 0 Å². The van der Waals surface area contributed by atoms with Gasteiger partial charge < -0.3 is 34.5 Å². The highest BCUT2D eigenvalue weighted by atomic mass is 35.5. The number of piperidine rings is 1. The van der Waals surface area contributed by atoms with Crippen molar-refractivity contribution in [2.24, 2.45) is 0 Å². The monoisotopic (exact) mass is 573 g/mol. The van der Waals surface area contributed by atoms with Crippen LogP contribution in [-0.2, 0) is 14.2 Å². The van der Waals surface area contributed by atoms with Gasteiger partial charge in [0.25, 0.3) is 5.91 Å².